The van der Waals surface area contributed by atoms with Crippen molar-refractivity contribution in [2.24, 2.45) is 0 Å². The minimum Gasteiger partial charge on any atom is -0.494 e. The van der Waals surface area contributed by atoms with E-state index in [-0.39, 0.29) is 5.78 Å². The summed E-state index contributed by atoms with van der Waals surface area (Å²) in [5.41, 5.74) is -0.0208. The van der Waals surface area contributed by atoms with Crippen molar-refractivity contribution in [1.29, 1.82) is 5.26 Å². The summed E-state index contributed by atoms with van der Waals surface area (Å²) >= 11 is 0. The van der Waals surface area contributed by atoms with Gasteiger partial charge in [0.05, 0.1) is 31.4 Å². The summed E-state index contributed by atoms with van der Waals surface area (Å²) in [6.45, 7) is 7.14. The van der Waals surface area contributed by atoms with Crippen molar-refractivity contribution in [2.75, 3.05) is 32.9 Å². The fourth-order valence-corrected chi connectivity index (χ4v) is 2.95. The highest BCUT2D eigenvalue weighted by atomic mass is 16.5. The second kappa shape index (κ2) is 8.09. The Hall–Kier alpha value is -1.90. The first kappa shape index (κ1) is 17.5. The molecule has 1 aliphatic heterocycles. The summed E-state index contributed by atoms with van der Waals surface area (Å²) in [6, 6.07) is 9.41. The third-order valence-corrected chi connectivity index (χ3v) is 4.35. The Morgan fingerprint density at radius 2 is 2.00 bits per heavy atom. The van der Waals surface area contributed by atoms with Crippen LogP contribution in [0, 0.1) is 11.3 Å². The Balaban J connectivity index is 2.22. The molecule has 0 saturated carbocycles. The Morgan fingerprint density at radius 1 is 1.35 bits per heavy atom. The molecule has 23 heavy (non-hydrogen) atoms. The number of ketones is 1. The topological polar surface area (TPSA) is 62.6 Å². The molecule has 1 atom stereocenters. The molecule has 5 heteroatoms. The SMILES string of the molecule is CCOc1ccc(C(=O)C(C)(CCC#N)N2CCOCC2)cc1. The lowest BCUT2D eigenvalue weighted by atomic mass is 9.84. The van der Waals surface area contributed by atoms with Gasteiger partial charge in [-0.2, -0.15) is 5.26 Å². The lowest BCUT2D eigenvalue weighted by Gasteiger charge is -2.42. The van der Waals surface area contributed by atoms with E-state index in [1.807, 2.05) is 26.0 Å². The van der Waals surface area contributed by atoms with Crippen molar-refractivity contribution < 1.29 is 14.3 Å². The fraction of sp³-hybridized carbons (Fsp3) is 0.556. The molecule has 1 heterocycles. The van der Waals surface area contributed by atoms with E-state index in [0.717, 1.165) is 5.75 Å². The molecule has 0 N–H and O–H groups in total. The molecule has 0 aromatic heterocycles. The van der Waals surface area contributed by atoms with Crippen molar-refractivity contribution in [3.05, 3.63) is 29.8 Å². The van der Waals surface area contributed by atoms with Crippen LogP contribution in [-0.4, -0.2) is 49.1 Å². The van der Waals surface area contributed by atoms with Crippen LogP contribution in [0.25, 0.3) is 0 Å². The minimum absolute atomic E-state index is 0.0534. The van der Waals surface area contributed by atoms with Gasteiger partial charge in [0.25, 0.3) is 0 Å². The van der Waals surface area contributed by atoms with Crippen molar-refractivity contribution in [2.45, 2.75) is 32.2 Å². The fourth-order valence-electron chi connectivity index (χ4n) is 2.95. The Kier molecular flexibility index (Phi) is 6.14. The van der Waals surface area contributed by atoms with Crippen LogP contribution in [0.2, 0.25) is 0 Å². The van der Waals surface area contributed by atoms with Crippen LogP contribution < -0.4 is 4.74 Å². The number of nitriles is 1. The molecule has 0 bridgehead atoms. The highest BCUT2D eigenvalue weighted by Crippen LogP contribution is 2.28. The highest BCUT2D eigenvalue weighted by molar-refractivity contribution is 6.03. The van der Waals surface area contributed by atoms with Crippen LogP contribution in [0.3, 0.4) is 0 Å². The summed E-state index contributed by atoms with van der Waals surface area (Å²) in [5.74, 6) is 0.812. The van der Waals surface area contributed by atoms with Crippen LogP contribution in [0.5, 0.6) is 5.75 Å². The van der Waals surface area contributed by atoms with Gasteiger partial charge in [-0.05, 0) is 44.5 Å². The van der Waals surface area contributed by atoms with Crippen molar-refractivity contribution >= 4 is 5.78 Å². The van der Waals surface area contributed by atoms with E-state index in [2.05, 4.69) is 11.0 Å². The Morgan fingerprint density at radius 3 is 2.57 bits per heavy atom. The number of nitrogens with zero attached hydrogens (tertiary/aromatic N) is 2. The maximum Gasteiger partial charge on any atom is 0.182 e. The van der Waals surface area contributed by atoms with Gasteiger partial charge in [0.1, 0.15) is 5.75 Å². The molecular weight excluding hydrogens is 292 g/mol. The zero-order valence-electron chi connectivity index (χ0n) is 13.9. The normalized spacial score (nSPS) is 18.0. The van der Waals surface area contributed by atoms with Gasteiger partial charge in [-0.1, -0.05) is 0 Å². The number of ether oxygens (including phenoxy) is 2. The van der Waals surface area contributed by atoms with Gasteiger partial charge in [-0.3, -0.25) is 9.69 Å². The number of hydrogen-bond donors (Lipinski definition) is 0. The second-order valence-corrected chi connectivity index (χ2v) is 5.82. The molecule has 2 rings (SSSR count). The summed E-state index contributed by atoms with van der Waals surface area (Å²) < 4.78 is 10.8. The molecule has 1 aromatic rings. The first-order valence-electron chi connectivity index (χ1n) is 8.09. The van der Waals surface area contributed by atoms with Crippen LogP contribution in [0.1, 0.15) is 37.0 Å². The maximum absolute atomic E-state index is 13.1. The van der Waals surface area contributed by atoms with E-state index in [1.165, 1.54) is 0 Å². The van der Waals surface area contributed by atoms with E-state index in [9.17, 15) is 4.79 Å². The summed E-state index contributed by atoms with van der Waals surface area (Å²) in [7, 11) is 0. The standard InChI is InChI=1S/C18H24N2O3/c1-3-23-16-7-5-15(6-8-16)17(21)18(2,9-4-10-19)20-11-13-22-14-12-20/h5-8H,3-4,9,11-14H2,1-2H3. The molecule has 124 valence electrons. The average Bonchev–Trinajstić information content (AvgIpc) is 2.61. The number of morpholine rings is 1. The van der Waals surface area contributed by atoms with Crippen LogP contribution in [0.15, 0.2) is 24.3 Å². The molecule has 1 unspecified atom stereocenters. The van der Waals surface area contributed by atoms with Crippen LogP contribution in [-0.2, 0) is 4.74 Å². The molecule has 0 spiro atoms. The van der Waals surface area contributed by atoms with Gasteiger partial charge in [-0.25, -0.2) is 0 Å². The summed E-state index contributed by atoms with van der Waals surface area (Å²) in [5, 5.41) is 8.95. The molecule has 1 aromatic carbocycles. The minimum atomic E-state index is -0.674. The van der Waals surface area contributed by atoms with E-state index in [0.29, 0.717) is 51.3 Å². The lowest BCUT2D eigenvalue weighted by Crippen LogP contribution is -2.56. The number of hydrogen-bond acceptors (Lipinski definition) is 5. The largest absolute Gasteiger partial charge is 0.494 e. The van der Waals surface area contributed by atoms with E-state index >= 15 is 0 Å². The van der Waals surface area contributed by atoms with Gasteiger partial charge >= 0.3 is 0 Å². The van der Waals surface area contributed by atoms with E-state index < -0.39 is 5.54 Å². The smallest absolute Gasteiger partial charge is 0.182 e. The van der Waals surface area contributed by atoms with Crippen molar-refractivity contribution in [3.63, 3.8) is 0 Å². The third kappa shape index (κ3) is 4.10. The molecule has 0 radical (unpaired) electrons. The summed E-state index contributed by atoms with van der Waals surface area (Å²) in [4.78, 5) is 15.3. The zero-order valence-corrected chi connectivity index (χ0v) is 13.9. The van der Waals surface area contributed by atoms with Gasteiger partial charge in [0.15, 0.2) is 5.78 Å². The molecule has 0 aliphatic carbocycles. The Labute approximate surface area is 137 Å². The second-order valence-electron chi connectivity index (χ2n) is 5.82. The third-order valence-electron chi connectivity index (χ3n) is 4.35. The van der Waals surface area contributed by atoms with Crippen molar-refractivity contribution in [3.8, 4) is 11.8 Å². The van der Waals surface area contributed by atoms with Crippen LogP contribution >= 0.6 is 0 Å². The monoisotopic (exact) mass is 316 g/mol. The molecule has 5 nitrogen and oxygen atoms in total. The van der Waals surface area contributed by atoms with Gasteiger partial charge in [-0.15, -0.1) is 0 Å². The lowest BCUT2D eigenvalue weighted by molar-refractivity contribution is -0.0116. The highest BCUT2D eigenvalue weighted by Gasteiger charge is 2.39. The first-order chi connectivity index (χ1) is 11.1. The Bertz CT molecular complexity index is 559. The first-order valence-corrected chi connectivity index (χ1v) is 8.09. The van der Waals surface area contributed by atoms with Gasteiger partial charge in [0.2, 0.25) is 0 Å². The molecule has 1 fully saturated rings. The number of carbonyl (C=O) groups is 1. The van der Waals surface area contributed by atoms with E-state index in [4.69, 9.17) is 14.7 Å². The van der Waals surface area contributed by atoms with Gasteiger partial charge < -0.3 is 9.47 Å². The molecule has 1 saturated heterocycles. The summed E-state index contributed by atoms with van der Waals surface area (Å²) in [6.07, 6.45) is 0.881. The zero-order chi connectivity index (χ0) is 16.7. The quantitative estimate of drug-likeness (QED) is 0.724. The average molecular weight is 316 g/mol. The van der Waals surface area contributed by atoms with E-state index in [1.54, 1.807) is 12.1 Å². The van der Waals surface area contributed by atoms with Gasteiger partial charge in [0, 0.05) is 25.1 Å². The number of benzene rings is 1. The molecule has 0 amide bonds. The number of carbonyl (C=O) groups excluding carboxylic acids is 1. The number of Topliss-reactive ketones (excluding diaryl/α,β-unsaturated/α-hetero) is 1. The molecule has 1 aliphatic rings. The van der Waals surface area contributed by atoms with Crippen LogP contribution in [0.4, 0.5) is 0 Å². The maximum atomic E-state index is 13.1. The number of rotatable bonds is 7. The predicted molar refractivity (Wildman–Crippen MR) is 87.6 cm³/mol. The predicted octanol–water partition coefficient (Wildman–Crippen LogP) is 2.66. The molecular formula is C18H24N2O3. The van der Waals surface area contributed by atoms with Crippen molar-refractivity contribution in [1.82, 2.24) is 4.90 Å².